The fourth-order valence-electron chi connectivity index (χ4n) is 4.27. The Labute approximate surface area is 201 Å². The predicted molar refractivity (Wildman–Crippen MR) is 129 cm³/mol. The number of halogens is 2. The van der Waals surface area contributed by atoms with E-state index in [-0.39, 0.29) is 30.3 Å². The largest absolute Gasteiger partial charge is 0.492 e. The number of nitrogens with one attached hydrogen (secondary N) is 1. The van der Waals surface area contributed by atoms with Crippen molar-refractivity contribution in [2.45, 2.75) is 44.6 Å². The number of nitrogens with zero attached hydrogens (tertiary/aromatic N) is 3. The van der Waals surface area contributed by atoms with Gasteiger partial charge in [-0.2, -0.15) is 0 Å². The SMILES string of the molecule is Cc1ccc(C(=O)NC2CC2)cc1-n1cnc2ccc(OCCN3CCC(F)(F)CC3)cc2c1=O. The number of carbonyl (C=O) groups excluding carboxylic acids is 1. The minimum atomic E-state index is -2.57. The van der Waals surface area contributed by atoms with Gasteiger partial charge in [0.1, 0.15) is 18.7 Å². The van der Waals surface area contributed by atoms with Crippen LogP contribution >= 0.6 is 0 Å². The highest BCUT2D eigenvalue weighted by Crippen LogP contribution is 2.27. The summed E-state index contributed by atoms with van der Waals surface area (Å²) in [4.78, 5) is 32.3. The number of aryl methyl sites for hydroxylation is 1. The molecular weight excluding hydrogens is 454 g/mol. The number of hydrogen-bond acceptors (Lipinski definition) is 5. The zero-order chi connectivity index (χ0) is 24.6. The number of benzene rings is 2. The highest BCUT2D eigenvalue weighted by Gasteiger charge is 2.33. The molecular formula is C26H28F2N4O3. The summed E-state index contributed by atoms with van der Waals surface area (Å²) in [5.41, 5.74) is 2.22. The molecule has 35 heavy (non-hydrogen) atoms. The lowest BCUT2D eigenvalue weighted by Crippen LogP contribution is -2.41. The molecule has 184 valence electrons. The molecule has 2 aromatic carbocycles. The number of hydrogen-bond donors (Lipinski definition) is 1. The molecule has 0 unspecified atom stereocenters. The molecule has 1 N–H and O–H groups in total. The normalized spacial score (nSPS) is 17.9. The van der Waals surface area contributed by atoms with E-state index in [1.54, 1.807) is 30.3 Å². The molecule has 1 aliphatic carbocycles. The van der Waals surface area contributed by atoms with Gasteiger partial charge in [0.05, 0.1) is 16.6 Å². The first-order valence-corrected chi connectivity index (χ1v) is 12.0. The molecule has 1 saturated carbocycles. The van der Waals surface area contributed by atoms with Gasteiger partial charge in [0.25, 0.3) is 17.4 Å². The van der Waals surface area contributed by atoms with Gasteiger partial charge in [0.15, 0.2) is 0 Å². The third-order valence-electron chi connectivity index (χ3n) is 6.64. The number of rotatable bonds is 7. The van der Waals surface area contributed by atoms with E-state index in [2.05, 4.69) is 10.3 Å². The van der Waals surface area contributed by atoms with Crippen molar-refractivity contribution in [2.75, 3.05) is 26.2 Å². The van der Waals surface area contributed by atoms with Gasteiger partial charge in [-0.05, 0) is 55.7 Å². The number of aromatic nitrogens is 2. The molecule has 1 amide bonds. The maximum absolute atomic E-state index is 13.4. The minimum Gasteiger partial charge on any atom is -0.492 e. The molecule has 0 radical (unpaired) electrons. The smallest absolute Gasteiger partial charge is 0.265 e. The van der Waals surface area contributed by atoms with E-state index in [9.17, 15) is 18.4 Å². The van der Waals surface area contributed by atoms with Gasteiger partial charge in [0.2, 0.25) is 0 Å². The van der Waals surface area contributed by atoms with Gasteiger partial charge < -0.3 is 10.1 Å². The number of likely N-dealkylation sites (tertiary alicyclic amines) is 1. The van der Waals surface area contributed by atoms with E-state index in [0.717, 1.165) is 18.4 Å². The summed E-state index contributed by atoms with van der Waals surface area (Å²) < 4.78 is 33.9. The van der Waals surface area contributed by atoms with Gasteiger partial charge >= 0.3 is 0 Å². The van der Waals surface area contributed by atoms with Crippen LogP contribution in [-0.4, -0.2) is 58.6 Å². The lowest BCUT2D eigenvalue weighted by molar-refractivity contribution is -0.0564. The summed E-state index contributed by atoms with van der Waals surface area (Å²) in [5, 5.41) is 3.37. The van der Waals surface area contributed by atoms with E-state index in [1.165, 1.54) is 10.9 Å². The average Bonchev–Trinajstić information content (AvgIpc) is 3.65. The van der Waals surface area contributed by atoms with E-state index in [1.807, 2.05) is 17.9 Å². The molecule has 2 aliphatic rings. The zero-order valence-corrected chi connectivity index (χ0v) is 19.6. The lowest BCUT2D eigenvalue weighted by atomic mass is 10.1. The topological polar surface area (TPSA) is 76.5 Å². The summed E-state index contributed by atoms with van der Waals surface area (Å²) in [6, 6.07) is 10.7. The van der Waals surface area contributed by atoms with E-state index in [4.69, 9.17) is 4.74 Å². The van der Waals surface area contributed by atoms with Gasteiger partial charge in [-0.3, -0.25) is 19.1 Å². The van der Waals surface area contributed by atoms with Crippen molar-refractivity contribution in [3.05, 3.63) is 64.2 Å². The van der Waals surface area contributed by atoms with Crippen molar-refractivity contribution in [3.63, 3.8) is 0 Å². The number of amides is 1. The van der Waals surface area contributed by atoms with Crippen molar-refractivity contribution in [1.29, 1.82) is 0 Å². The van der Waals surface area contributed by atoms with Gasteiger partial charge in [-0.25, -0.2) is 13.8 Å². The number of piperidine rings is 1. The fraction of sp³-hybridized carbons (Fsp3) is 0.423. The first-order chi connectivity index (χ1) is 16.8. The van der Waals surface area contributed by atoms with Crippen molar-refractivity contribution in [3.8, 4) is 11.4 Å². The molecule has 1 aromatic heterocycles. The van der Waals surface area contributed by atoms with Crippen LogP contribution in [0.2, 0.25) is 0 Å². The second-order valence-electron chi connectivity index (χ2n) is 9.39. The second kappa shape index (κ2) is 9.37. The van der Waals surface area contributed by atoms with E-state index in [0.29, 0.717) is 54.1 Å². The molecule has 0 spiro atoms. The first kappa shape index (κ1) is 23.4. The molecule has 1 aliphatic heterocycles. The van der Waals surface area contributed by atoms with Gasteiger partial charge in [-0.1, -0.05) is 6.07 Å². The van der Waals surface area contributed by atoms with Gasteiger partial charge in [-0.15, -0.1) is 0 Å². The zero-order valence-electron chi connectivity index (χ0n) is 19.6. The van der Waals surface area contributed by atoms with Crippen LogP contribution in [0.25, 0.3) is 16.6 Å². The van der Waals surface area contributed by atoms with Crippen LogP contribution < -0.4 is 15.6 Å². The van der Waals surface area contributed by atoms with Crippen LogP contribution in [0, 0.1) is 6.92 Å². The Morgan fingerprint density at radius 3 is 2.69 bits per heavy atom. The Kier molecular flexibility index (Phi) is 6.27. The fourth-order valence-corrected chi connectivity index (χ4v) is 4.27. The molecule has 9 heteroatoms. The number of alkyl halides is 2. The third-order valence-corrected chi connectivity index (χ3v) is 6.64. The minimum absolute atomic E-state index is 0.128. The molecule has 0 atom stereocenters. The monoisotopic (exact) mass is 482 g/mol. The quantitative estimate of drug-likeness (QED) is 0.556. The Balaban J connectivity index is 1.34. The Morgan fingerprint density at radius 1 is 1.17 bits per heavy atom. The molecule has 7 nitrogen and oxygen atoms in total. The lowest BCUT2D eigenvalue weighted by Gasteiger charge is -2.31. The summed E-state index contributed by atoms with van der Waals surface area (Å²) in [6.07, 6.45) is 3.21. The van der Waals surface area contributed by atoms with Crippen LogP contribution in [0.4, 0.5) is 8.78 Å². The summed E-state index contributed by atoms with van der Waals surface area (Å²) >= 11 is 0. The highest BCUT2D eigenvalue weighted by atomic mass is 19.3. The van der Waals surface area contributed by atoms with Crippen LogP contribution in [0.15, 0.2) is 47.5 Å². The average molecular weight is 483 g/mol. The maximum Gasteiger partial charge on any atom is 0.265 e. The number of carbonyl (C=O) groups is 1. The number of fused-ring (bicyclic) bond motifs is 1. The maximum atomic E-state index is 13.4. The molecule has 2 fully saturated rings. The highest BCUT2D eigenvalue weighted by molar-refractivity contribution is 5.95. The second-order valence-corrected chi connectivity index (χ2v) is 9.39. The molecule has 3 aromatic rings. The summed E-state index contributed by atoms with van der Waals surface area (Å²) in [7, 11) is 0. The van der Waals surface area contributed by atoms with Crippen molar-refractivity contribution >= 4 is 16.8 Å². The van der Waals surface area contributed by atoms with E-state index < -0.39 is 5.92 Å². The number of ether oxygens (including phenoxy) is 1. The van der Waals surface area contributed by atoms with Gasteiger partial charge in [0, 0.05) is 44.1 Å². The Bertz CT molecular complexity index is 1310. The van der Waals surface area contributed by atoms with Crippen molar-refractivity contribution in [1.82, 2.24) is 19.8 Å². The van der Waals surface area contributed by atoms with Crippen LogP contribution in [-0.2, 0) is 0 Å². The Morgan fingerprint density at radius 2 is 1.94 bits per heavy atom. The van der Waals surface area contributed by atoms with Crippen LogP contribution in [0.3, 0.4) is 0 Å². The van der Waals surface area contributed by atoms with Crippen LogP contribution in [0.1, 0.15) is 41.6 Å². The molecule has 5 rings (SSSR count). The summed E-state index contributed by atoms with van der Waals surface area (Å²) in [5.74, 6) is -2.20. The standard InChI is InChI=1S/C26H28F2N4O3/c1-17-2-3-18(24(33)30-19-4-5-19)14-23(17)32-16-29-22-7-6-20(15-21(22)25(32)34)35-13-12-31-10-8-26(27,28)9-11-31/h2-3,6-7,14-16,19H,4-5,8-13H2,1H3,(H,30,33). The van der Waals surface area contributed by atoms with Crippen molar-refractivity contribution in [2.24, 2.45) is 0 Å². The molecule has 2 heterocycles. The first-order valence-electron chi connectivity index (χ1n) is 12.0. The molecule has 0 bridgehead atoms. The molecule has 1 saturated heterocycles. The van der Waals surface area contributed by atoms with Crippen molar-refractivity contribution < 1.29 is 18.3 Å². The summed E-state index contributed by atoms with van der Waals surface area (Å²) in [6.45, 7) is 3.45. The predicted octanol–water partition coefficient (Wildman–Crippen LogP) is 3.70. The third kappa shape index (κ3) is 5.35. The van der Waals surface area contributed by atoms with Crippen LogP contribution in [0.5, 0.6) is 5.75 Å². The van der Waals surface area contributed by atoms with E-state index >= 15 is 0 Å². The Hall–Kier alpha value is -3.33.